The maximum atomic E-state index is 12.4. The zero-order valence-electron chi connectivity index (χ0n) is 13.1. The van der Waals surface area contributed by atoms with Crippen molar-refractivity contribution < 1.29 is 9.90 Å². The molecule has 0 aliphatic heterocycles. The number of carbonyl (C=O) groups excluding carboxylic acids is 1. The number of rotatable bonds is 6. The van der Waals surface area contributed by atoms with Crippen LogP contribution < -0.4 is 5.32 Å². The predicted octanol–water partition coefficient (Wildman–Crippen LogP) is 2.89. The standard InChI is InChI=1S/C17H26N2O2/c1-3-12-18-15-8-6-14(7-9-15)16(20)19(2)13-17(21)10-4-5-11-17/h6-9,18,21H,3-5,10-13H2,1-2H3. The molecule has 2 rings (SSSR count). The lowest BCUT2D eigenvalue weighted by Crippen LogP contribution is -2.42. The summed E-state index contributed by atoms with van der Waals surface area (Å²) in [6.07, 6.45) is 4.77. The van der Waals surface area contributed by atoms with Crippen LogP contribution in [0.3, 0.4) is 0 Å². The van der Waals surface area contributed by atoms with Crippen LogP contribution in [0.5, 0.6) is 0 Å². The Hall–Kier alpha value is -1.55. The Kier molecular flexibility index (Phi) is 5.23. The molecule has 0 bridgehead atoms. The molecule has 1 aliphatic carbocycles. The Balaban J connectivity index is 1.95. The first-order valence-corrected chi connectivity index (χ1v) is 7.86. The Bertz CT molecular complexity index is 464. The lowest BCUT2D eigenvalue weighted by atomic mass is 10.0. The monoisotopic (exact) mass is 290 g/mol. The van der Waals surface area contributed by atoms with E-state index in [4.69, 9.17) is 0 Å². The average molecular weight is 290 g/mol. The first-order chi connectivity index (χ1) is 10.0. The van der Waals surface area contributed by atoms with Gasteiger partial charge in [0.15, 0.2) is 0 Å². The Labute approximate surface area is 127 Å². The molecule has 1 saturated carbocycles. The van der Waals surface area contributed by atoms with Crippen LogP contribution in [0.2, 0.25) is 0 Å². The summed E-state index contributed by atoms with van der Waals surface area (Å²) in [6, 6.07) is 7.55. The van der Waals surface area contributed by atoms with Gasteiger partial charge in [0.2, 0.25) is 0 Å². The lowest BCUT2D eigenvalue weighted by Gasteiger charge is -2.28. The van der Waals surface area contributed by atoms with E-state index in [0.29, 0.717) is 12.1 Å². The molecule has 1 amide bonds. The van der Waals surface area contributed by atoms with E-state index in [1.165, 1.54) is 0 Å². The fraction of sp³-hybridized carbons (Fsp3) is 0.588. The number of nitrogens with one attached hydrogen (secondary N) is 1. The molecule has 1 aromatic rings. The van der Waals surface area contributed by atoms with Gasteiger partial charge in [0.25, 0.3) is 5.91 Å². The average Bonchev–Trinajstić information content (AvgIpc) is 2.91. The SMILES string of the molecule is CCCNc1ccc(C(=O)N(C)CC2(O)CCCC2)cc1. The maximum absolute atomic E-state index is 12.4. The zero-order chi connectivity index (χ0) is 15.3. The molecule has 4 heteroatoms. The van der Waals surface area contributed by atoms with E-state index in [1.807, 2.05) is 24.3 Å². The molecule has 2 N–H and O–H groups in total. The van der Waals surface area contributed by atoms with E-state index in [0.717, 1.165) is 44.3 Å². The third-order valence-electron chi connectivity index (χ3n) is 4.12. The third-order valence-corrected chi connectivity index (χ3v) is 4.12. The van der Waals surface area contributed by atoms with Crippen LogP contribution in [0, 0.1) is 0 Å². The topological polar surface area (TPSA) is 52.6 Å². The highest BCUT2D eigenvalue weighted by Gasteiger charge is 2.33. The predicted molar refractivity (Wildman–Crippen MR) is 85.6 cm³/mol. The maximum Gasteiger partial charge on any atom is 0.253 e. The van der Waals surface area contributed by atoms with Gasteiger partial charge >= 0.3 is 0 Å². The summed E-state index contributed by atoms with van der Waals surface area (Å²) in [5, 5.41) is 13.7. The lowest BCUT2D eigenvalue weighted by molar-refractivity contribution is 0.0157. The van der Waals surface area contributed by atoms with Gasteiger partial charge in [0.1, 0.15) is 0 Å². The second-order valence-corrected chi connectivity index (χ2v) is 6.10. The number of carbonyl (C=O) groups is 1. The Morgan fingerprint density at radius 1 is 1.29 bits per heavy atom. The fourth-order valence-corrected chi connectivity index (χ4v) is 2.92. The van der Waals surface area contributed by atoms with E-state index in [2.05, 4.69) is 12.2 Å². The molecule has 0 aromatic heterocycles. The molecule has 21 heavy (non-hydrogen) atoms. The quantitative estimate of drug-likeness (QED) is 0.847. The van der Waals surface area contributed by atoms with Crippen LogP contribution >= 0.6 is 0 Å². The van der Waals surface area contributed by atoms with Crippen molar-refractivity contribution in [3.05, 3.63) is 29.8 Å². The summed E-state index contributed by atoms with van der Waals surface area (Å²) in [6.45, 7) is 3.47. The summed E-state index contributed by atoms with van der Waals surface area (Å²) in [5.41, 5.74) is 1.01. The van der Waals surface area contributed by atoms with Gasteiger partial charge in [-0.05, 0) is 43.5 Å². The van der Waals surface area contributed by atoms with E-state index in [-0.39, 0.29) is 5.91 Å². The van der Waals surface area contributed by atoms with Crippen LogP contribution in [0.25, 0.3) is 0 Å². The number of nitrogens with zero attached hydrogens (tertiary/aromatic N) is 1. The normalized spacial score (nSPS) is 16.7. The summed E-state index contributed by atoms with van der Waals surface area (Å²) in [5.74, 6) is -0.0302. The van der Waals surface area contributed by atoms with Crippen LogP contribution in [0.4, 0.5) is 5.69 Å². The molecule has 0 spiro atoms. The molecular formula is C17H26N2O2. The Morgan fingerprint density at radius 3 is 2.48 bits per heavy atom. The van der Waals surface area contributed by atoms with Crippen molar-refractivity contribution in [3.63, 3.8) is 0 Å². The van der Waals surface area contributed by atoms with Gasteiger partial charge in [-0.2, -0.15) is 0 Å². The summed E-state index contributed by atoms with van der Waals surface area (Å²) in [4.78, 5) is 14.0. The second-order valence-electron chi connectivity index (χ2n) is 6.10. The van der Waals surface area contributed by atoms with Crippen molar-refractivity contribution in [2.24, 2.45) is 0 Å². The van der Waals surface area contributed by atoms with Gasteiger partial charge < -0.3 is 15.3 Å². The molecular weight excluding hydrogens is 264 g/mol. The van der Waals surface area contributed by atoms with E-state index in [9.17, 15) is 9.90 Å². The molecule has 0 heterocycles. The first-order valence-electron chi connectivity index (χ1n) is 7.86. The van der Waals surface area contributed by atoms with Crippen molar-refractivity contribution in [1.82, 2.24) is 4.90 Å². The molecule has 116 valence electrons. The molecule has 0 radical (unpaired) electrons. The van der Waals surface area contributed by atoms with E-state index < -0.39 is 5.60 Å². The largest absolute Gasteiger partial charge is 0.388 e. The molecule has 0 unspecified atom stereocenters. The number of aliphatic hydroxyl groups is 1. The molecule has 0 saturated heterocycles. The minimum Gasteiger partial charge on any atom is -0.388 e. The number of anilines is 1. The minimum absolute atomic E-state index is 0.0302. The molecule has 1 fully saturated rings. The smallest absolute Gasteiger partial charge is 0.253 e. The summed E-state index contributed by atoms with van der Waals surface area (Å²) >= 11 is 0. The second kappa shape index (κ2) is 6.94. The molecule has 1 aliphatic rings. The van der Waals surface area contributed by atoms with Gasteiger partial charge in [-0.15, -0.1) is 0 Å². The van der Waals surface area contributed by atoms with Crippen molar-refractivity contribution in [2.75, 3.05) is 25.5 Å². The van der Waals surface area contributed by atoms with E-state index in [1.54, 1.807) is 11.9 Å². The van der Waals surface area contributed by atoms with Crippen molar-refractivity contribution >= 4 is 11.6 Å². The number of benzene rings is 1. The highest BCUT2D eigenvalue weighted by Crippen LogP contribution is 2.30. The molecule has 1 aromatic carbocycles. The number of amides is 1. The third kappa shape index (κ3) is 4.21. The minimum atomic E-state index is -0.687. The van der Waals surface area contributed by atoms with E-state index >= 15 is 0 Å². The number of likely N-dealkylation sites (N-methyl/N-ethyl adjacent to an activating group) is 1. The van der Waals surface area contributed by atoms with Crippen LogP contribution in [0.15, 0.2) is 24.3 Å². The van der Waals surface area contributed by atoms with Crippen LogP contribution in [0.1, 0.15) is 49.4 Å². The highest BCUT2D eigenvalue weighted by molar-refractivity contribution is 5.94. The van der Waals surface area contributed by atoms with Crippen LogP contribution in [-0.4, -0.2) is 41.7 Å². The van der Waals surface area contributed by atoms with Crippen molar-refractivity contribution in [3.8, 4) is 0 Å². The first kappa shape index (κ1) is 15.8. The van der Waals surface area contributed by atoms with Gasteiger partial charge in [-0.3, -0.25) is 4.79 Å². The van der Waals surface area contributed by atoms with Gasteiger partial charge in [0, 0.05) is 31.4 Å². The van der Waals surface area contributed by atoms with Gasteiger partial charge in [-0.1, -0.05) is 19.8 Å². The van der Waals surface area contributed by atoms with Gasteiger partial charge in [-0.25, -0.2) is 0 Å². The highest BCUT2D eigenvalue weighted by atomic mass is 16.3. The fourth-order valence-electron chi connectivity index (χ4n) is 2.92. The summed E-state index contributed by atoms with van der Waals surface area (Å²) in [7, 11) is 1.77. The Morgan fingerprint density at radius 2 is 1.90 bits per heavy atom. The van der Waals surface area contributed by atoms with Crippen molar-refractivity contribution in [2.45, 2.75) is 44.6 Å². The molecule has 0 atom stereocenters. The number of hydrogen-bond donors (Lipinski definition) is 2. The molecule has 4 nitrogen and oxygen atoms in total. The zero-order valence-corrected chi connectivity index (χ0v) is 13.1. The number of hydrogen-bond acceptors (Lipinski definition) is 3. The summed E-state index contributed by atoms with van der Waals surface area (Å²) < 4.78 is 0. The van der Waals surface area contributed by atoms with Gasteiger partial charge in [0.05, 0.1) is 5.60 Å². The van der Waals surface area contributed by atoms with Crippen LogP contribution in [-0.2, 0) is 0 Å². The van der Waals surface area contributed by atoms with Crippen molar-refractivity contribution in [1.29, 1.82) is 0 Å².